The number of hydrogen-bond donors (Lipinski definition) is 1. The fourth-order valence-electron chi connectivity index (χ4n) is 2.29. The van der Waals surface area contributed by atoms with Crippen LogP contribution in [0.2, 0.25) is 0 Å². The third kappa shape index (κ3) is 6.42. The van der Waals surface area contributed by atoms with Crippen molar-refractivity contribution in [3.63, 3.8) is 0 Å². The van der Waals surface area contributed by atoms with Gasteiger partial charge < -0.3 is 5.11 Å². The van der Waals surface area contributed by atoms with Gasteiger partial charge in [-0.05, 0) is 30.5 Å². The summed E-state index contributed by atoms with van der Waals surface area (Å²) in [5, 5.41) is 9.67. The van der Waals surface area contributed by atoms with E-state index in [1.165, 1.54) is 50.5 Å². The smallest absolute Gasteiger partial charge is 0.124 e. The number of nitrogens with zero attached hydrogens (tertiary/aromatic N) is 1. The Labute approximate surface area is 117 Å². The summed E-state index contributed by atoms with van der Waals surface area (Å²) in [6.07, 6.45) is 12.1. The average molecular weight is 261 g/mol. The summed E-state index contributed by atoms with van der Waals surface area (Å²) in [7, 11) is 1.72. The number of unbranched alkanes of at least 4 members (excludes halogenated alkanes) is 6. The lowest BCUT2D eigenvalue weighted by molar-refractivity contribution is 0.474. The molecular weight excluding hydrogens is 234 g/mol. The lowest BCUT2D eigenvalue weighted by atomic mass is 10.0. The minimum absolute atomic E-state index is 0.314. The van der Waals surface area contributed by atoms with Crippen LogP contribution < -0.4 is 0 Å². The maximum Gasteiger partial charge on any atom is 0.124 e. The zero-order chi connectivity index (χ0) is 13.9. The Hall–Kier alpha value is -1.31. The number of phenolic OH excluding ortho intramolecular Hbond substituents is 1. The number of hydrogen-bond acceptors (Lipinski definition) is 2. The topological polar surface area (TPSA) is 32.6 Å². The number of benzene rings is 1. The van der Waals surface area contributed by atoms with Crippen LogP contribution in [0.1, 0.15) is 63.0 Å². The summed E-state index contributed by atoms with van der Waals surface area (Å²) in [4.78, 5) is 3.96. The zero-order valence-corrected chi connectivity index (χ0v) is 12.4. The molecule has 1 aromatic rings. The highest BCUT2D eigenvalue weighted by Gasteiger charge is 2.00. The standard InChI is InChI=1S/C17H27NO/c1-3-4-5-6-7-8-9-10-15-11-12-17(19)16(13-15)14-18-2/h11-14,19H,3-10H2,1-2H3/b18-14+. The van der Waals surface area contributed by atoms with Crippen LogP contribution in [0.5, 0.6) is 5.75 Å². The van der Waals surface area contributed by atoms with Gasteiger partial charge >= 0.3 is 0 Å². The van der Waals surface area contributed by atoms with Crippen LogP contribution in [0.25, 0.3) is 0 Å². The molecule has 2 nitrogen and oxygen atoms in total. The van der Waals surface area contributed by atoms with Crippen LogP contribution in [0.15, 0.2) is 23.2 Å². The minimum Gasteiger partial charge on any atom is -0.507 e. The highest BCUT2D eigenvalue weighted by atomic mass is 16.3. The van der Waals surface area contributed by atoms with Gasteiger partial charge in [-0.2, -0.15) is 0 Å². The van der Waals surface area contributed by atoms with E-state index >= 15 is 0 Å². The fourth-order valence-corrected chi connectivity index (χ4v) is 2.29. The minimum atomic E-state index is 0.314. The molecular formula is C17H27NO. The second-order valence-corrected chi connectivity index (χ2v) is 5.15. The number of aliphatic imine (C=N–C) groups is 1. The molecule has 0 atom stereocenters. The molecule has 0 bridgehead atoms. The SMILES string of the molecule is CCCCCCCCCc1ccc(O)c(/C=N/C)c1. The molecule has 106 valence electrons. The maximum atomic E-state index is 9.67. The maximum absolute atomic E-state index is 9.67. The second kappa shape index (κ2) is 9.60. The van der Waals surface area contributed by atoms with Crippen LogP contribution in [-0.2, 0) is 6.42 Å². The molecule has 1 rings (SSSR count). The molecule has 0 heterocycles. The van der Waals surface area contributed by atoms with E-state index in [4.69, 9.17) is 0 Å². The quantitative estimate of drug-likeness (QED) is 0.505. The molecule has 2 heteroatoms. The Morgan fingerprint density at radius 3 is 2.42 bits per heavy atom. The fraction of sp³-hybridized carbons (Fsp3) is 0.588. The van der Waals surface area contributed by atoms with E-state index in [0.717, 1.165) is 12.0 Å². The van der Waals surface area contributed by atoms with Crippen molar-refractivity contribution in [1.29, 1.82) is 0 Å². The van der Waals surface area contributed by atoms with Gasteiger partial charge in [0.1, 0.15) is 5.75 Å². The van der Waals surface area contributed by atoms with Crippen molar-refractivity contribution in [3.8, 4) is 5.75 Å². The van der Waals surface area contributed by atoms with Crippen LogP contribution in [0.4, 0.5) is 0 Å². The number of phenols is 1. The van der Waals surface area contributed by atoms with Crippen LogP contribution in [0, 0.1) is 0 Å². The van der Waals surface area contributed by atoms with Crippen LogP contribution in [0.3, 0.4) is 0 Å². The third-order valence-corrected chi connectivity index (χ3v) is 3.43. The predicted octanol–water partition coefficient (Wildman–Crippen LogP) is 4.73. The van der Waals surface area contributed by atoms with Gasteiger partial charge in [0.25, 0.3) is 0 Å². The lowest BCUT2D eigenvalue weighted by Gasteiger charge is -2.05. The van der Waals surface area contributed by atoms with E-state index in [-0.39, 0.29) is 0 Å². The van der Waals surface area contributed by atoms with Crippen molar-refractivity contribution in [3.05, 3.63) is 29.3 Å². The van der Waals surface area contributed by atoms with Crippen molar-refractivity contribution < 1.29 is 5.11 Å². The van der Waals surface area contributed by atoms with Gasteiger partial charge in [0.2, 0.25) is 0 Å². The van der Waals surface area contributed by atoms with E-state index in [0.29, 0.717) is 5.75 Å². The Bertz CT molecular complexity index is 385. The van der Waals surface area contributed by atoms with Crippen molar-refractivity contribution in [2.75, 3.05) is 7.05 Å². The van der Waals surface area contributed by atoms with E-state index in [1.807, 2.05) is 12.1 Å². The second-order valence-electron chi connectivity index (χ2n) is 5.15. The molecule has 0 aliphatic carbocycles. The number of rotatable bonds is 9. The van der Waals surface area contributed by atoms with Crippen molar-refractivity contribution in [2.45, 2.75) is 58.3 Å². The first-order chi connectivity index (χ1) is 9.27. The van der Waals surface area contributed by atoms with E-state index in [9.17, 15) is 5.11 Å². The van der Waals surface area contributed by atoms with Gasteiger partial charge in [0.15, 0.2) is 0 Å². The molecule has 19 heavy (non-hydrogen) atoms. The van der Waals surface area contributed by atoms with Crippen molar-refractivity contribution >= 4 is 6.21 Å². The molecule has 0 aliphatic heterocycles. The molecule has 0 amide bonds. The van der Waals surface area contributed by atoms with Crippen LogP contribution >= 0.6 is 0 Å². The normalized spacial score (nSPS) is 11.3. The summed E-state index contributed by atoms with van der Waals surface area (Å²) < 4.78 is 0. The van der Waals surface area contributed by atoms with Gasteiger partial charge in [0.05, 0.1) is 0 Å². The molecule has 0 spiro atoms. The third-order valence-electron chi connectivity index (χ3n) is 3.43. The molecule has 0 fully saturated rings. The van der Waals surface area contributed by atoms with E-state index < -0.39 is 0 Å². The summed E-state index contributed by atoms with van der Waals surface area (Å²) in [5.74, 6) is 0.314. The van der Waals surface area contributed by atoms with Gasteiger partial charge in [-0.25, -0.2) is 0 Å². The lowest BCUT2D eigenvalue weighted by Crippen LogP contribution is -1.90. The first kappa shape index (κ1) is 15.7. The molecule has 0 aliphatic rings. The predicted molar refractivity (Wildman–Crippen MR) is 83.3 cm³/mol. The van der Waals surface area contributed by atoms with E-state index in [1.54, 1.807) is 19.3 Å². The van der Waals surface area contributed by atoms with E-state index in [2.05, 4.69) is 11.9 Å². The summed E-state index contributed by atoms with van der Waals surface area (Å²) >= 11 is 0. The molecule has 0 unspecified atom stereocenters. The largest absolute Gasteiger partial charge is 0.507 e. The summed E-state index contributed by atoms with van der Waals surface area (Å²) in [5.41, 5.74) is 2.12. The Balaban J connectivity index is 2.27. The first-order valence-electron chi connectivity index (χ1n) is 7.52. The summed E-state index contributed by atoms with van der Waals surface area (Å²) in [6, 6.07) is 5.83. The van der Waals surface area contributed by atoms with Crippen molar-refractivity contribution in [1.82, 2.24) is 0 Å². The highest BCUT2D eigenvalue weighted by Crippen LogP contribution is 2.18. The number of aryl methyl sites for hydroxylation is 1. The first-order valence-corrected chi connectivity index (χ1v) is 7.52. The molecule has 0 saturated heterocycles. The Kier molecular flexibility index (Phi) is 7.95. The van der Waals surface area contributed by atoms with Crippen molar-refractivity contribution in [2.24, 2.45) is 4.99 Å². The van der Waals surface area contributed by atoms with Crippen LogP contribution in [-0.4, -0.2) is 18.4 Å². The molecule has 0 radical (unpaired) electrons. The van der Waals surface area contributed by atoms with Gasteiger partial charge in [0, 0.05) is 18.8 Å². The van der Waals surface area contributed by atoms with Gasteiger partial charge in [-0.1, -0.05) is 51.5 Å². The Morgan fingerprint density at radius 1 is 1.05 bits per heavy atom. The molecule has 1 N–H and O–H groups in total. The molecule has 0 aromatic heterocycles. The monoisotopic (exact) mass is 261 g/mol. The average Bonchev–Trinajstić information content (AvgIpc) is 2.41. The van der Waals surface area contributed by atoms with Gasteiger partial charge in [-0.15, -0.1) is 0 Å². The highest BCUT2D eigenvalue weighted by molar-refractivity contribution is 5.83. The molecule has 1 aromatic carbocycles. The Morgan fingerprint density at radius 2 is 1.74 bits per heavy atom. The zero-order valence-electron chi connectivity index (χ0n) is 12.4. The number of aromatic hydroxyl groups is 1. The van der Waals surface area contributed by atoms with Gasteiger partial charge in [-0.3, -0.25) is 4.99 Å². The molecule has 0 saturated carbocycles. The summed E-state index contributed by atoms with van der Waals surface area (Å²) in [6.45, 7) is 2.25.